The van der Waals surface area contributed by atoms with Gasteiger partial charge in [-0.15, -0.1) is 0 Å². The smallest absolute Gasteiger partial charge is 0.407 e. The maximum atomic E-state index is 13.8. The molecule has 0 aromatic heterocycles. The lowest BCUT2D eigenvalue weighted by molar-refractivity contribution is -0.121. The number of nitrogens with one attached hydrogen (secondary N) is 3. The van der Waals surface area contributed by atoms with Crippen molar-refractivity contribution in [2.24, 2.45) is 5.11 Å². The molecule has 10 heteroatoms. The number of carbonyl (C=O) groups excluding carboxylic acids is 3. The summed E-state index contributed by atoms with van der Waals surface area (Å²) in [7, 11) is 0. The molecule has 284 valence electrons. The molecule has 10 nitrogen and oxygen atoms in total. The van der Waals surface area contributed by atoms with Crippen LogP contribution in [0.4, 0.5) is 10.5 Å². The van der Waals surface area contributed by atoms with Crippen LogP contribution >= 0.6 is 0 Å². The molecule has 0 saturated carbocycles. The van der Waals surface area contributed by atoms with E-state index in [-0.39, 0.29) is 24.3 Å². The summed E-state index contributed by atoms with van der Waals surface area (Å²) < 4.78 is 5.84. The molecule has 0 fully saturated rings. The van der Waals surface area contributed by atoms with Gasteiger partial charge in [-0.1, -0.05) is 91.3 Å². The summed E-state index contributed by atoms with van der Waals surface area (Å²) in [5.74, 6) is 0.0540. The monoisotopic (exact) mass is 739 g/mol. The Morgan fingerprint density at radius 2 is 1.53 bits per heavy atom. The number of unbranched alkanes of at least 4 members (excludes halogenated alkanes) is 2. The number of alkyl carbamates (subject to hydrolysis) is 1. The lowest BCUT2D eigenvalue weighted by atomic mass is 9.93. The van der Waals surface area contributed by atoms with Gasteiger partial charge in [-0.3, -0.25) is 9.59 Å². The van der Waals surface area contributed by atoms with Crippen molar-refractivity contribution < 1.29 is 19.1 Å². The highest BCUT2D eigenvalue weighted by Crippen LogP contribution is 2.46. The zero-order chi connectivity index (χ0) is 38.7. The Bertz CT molecular complexity index is 2140. The second kappa shape index (κ2) is 18.5. The molecule has 1 aliphatic heterocycles. The molecule has 4 aromatic carbocycles. The summed E-state index contributed by atoms with van der Waals surface area (Å²) in [6, 6.07) is 28.7. The van der Waals surface area contributed by atoms with Crippen molar-refractivity contribution >= 4 is 34.9 Å². The SMILES string of the molecule is CCCC(=O)NCCCCc1ccc2c(c1)C(COC(=O)NCCCCC(=O)N1Cc3ccccc3C(N=[N+]=N)=C(C)c3ccccc31)c1cc(C)ccc1-2. The summed E-state index contributed by atoms with van der Waals surface area (Å²) >= 11 is 0. The Morgan fingerprint density at radius 1 is 0.818 bits per heavy atom. The van der Waals surface area contributed by atoms with E-state index in [1.165, 1.54) is 27.8 Å². The van der Waals surface area contributed by atoms with Crippen LogP contribution in [0.3, 0.4) is 0 Å². The van der Waals surface area contributed by atoms with E-state index in [1.807, 2.05) is 67.3 Å². The van der Waals surface area contributed by atoms with E-state index >= 15 is 0 Å². The highest BCUT2D eigenvalue weighted by atomic mass is 16.5. The molecule has 2 aliphatic rings. The number of ether oxygens (including phenoxy) is 1. The first kappa shape index (κ1) is 38.9. The summed E-state index contributed by atoms with van der Waals surface area (Å²) in [5, 5.41) is 10.1. The standard InChI is InChI=1S/C45H50N6O4/c1-4-13-42(52)47-24-11-9-14-32-21-23-37-36-22-20-30(2)26-38(36)40(39(37)27-32)29-55-45(54)48-25-12-10-19-43(53)51-28-33-15-5-6-17-35(33)44(49-50-46)31(3)34-16-7-8-18-41(34)51/h5-8,15-18,20-23,26-27,40,46H,4,9-14,19,24-25,28-29H2,1-3H3,(H-,47,48,52,54)/p+1. The second-order valence-electron chi connectivity index (χ2n) is 14.4. The van der Waals surface area contributed by atoms with Crippen LogP contribution in [0.5, 0.6) is 0 Å². The van der Waals surface area contributed by atoms with Gasteiger partial charge in [-0.25, -0.2) is 4.79 Å². The first-order valence-corrected chi connectivity index (χ1v) is 19.5. The number of hydrogen-bond acceptors (Lipinski definition) is 6. The van der Waals surface area contributed by atoms with Crippen molar-refractivity contribution in [3.8, 4) is 11.1 Å². The van der Waals surface area contributed by atoms with Gasteiger partial charge in [0.05, 0.1) is 12.2 Å². The van der Waals surface area contributed by atoms with Crippen molar-refractivity contribution in [1.29, 1.82) is 5.53 Å². The van der Waals surface area contributed by atoms with Crippen LogP contribution in [0, 0.1) is 12.5 Å². The molecule has 55 heavy (non-hydrogen) atoms. The van der Waals surface area contributed by atoms with E-state index in [9.17, 15) is 14.4 Å². The lowest BCUT2D eigenvalue weighted by Crippen LogP contribution is -2.32. The maximum Gasteiger partial charge on any atom is 0.407 e. The second-order valence-corrected chi connectivity index (χ2v) is 14.4. The van der Waals surface area contributed by atoms with Gasteiger partial charge in [-0.2, -0.15) is 0 Å². The van der Waals surface area contributed by atoms with Crippen LogP contribution in [0.1, 0.15) is 104 Å². The van der Waals surface area contributed by atoms with Gasteiger partial charge >= 0.3 is 6.09 Å². The summed E-state index contributed by atoms with van der Waals surface area (Å²) in [6.45, 7) is 7.73. The van der Waals surface area contributed by atoms with Crippen LogP contribution in [0.2, 0.25) is 0 Å². The van der Waals surface area contributed by atoms with Crippen molar-refractivity contribution in [3.63, 3.8) is 0 Å². The predicted octanol–water partition coefficient (Wildman–Crippen LogP) is 9.23. The zero-order valence-corrected chi connectivity index (χ0v) is 32.1. The van der Waals surface area contributed by atoms with Gasteiger partial charge in [0.15, 0.2) is 10.8 Å². The number of anilines is 1. The van der Waals surface area contributed by atoms with Crippen LogP contribution in [-0.4, -0.2) is 37.6 Å². The van der Waals surface area contributed by atoms with Crippen molar-refractivity contribution in [3.05, 3.63) is 124 Å². The van der Waals surface area contributed by atoms with E-state index in [2.05, 4.69) is 64.0 Å². The molecular formula is C45H51N6O4+. The van der Waals surface area contributed by atoms with Gasteiger partial charge in [0, 0.05) is 43.0 Å². The average Bonchev–Trinajstić information content (AvgIpc) is 3.49. The van der Waals surface area contributed by atoms with Crippen molar-refractivity contribution in [2.75, 3.05) is 24.6 Å². The molecule has 1 unspecified atom stereocenters. The highest BCUT2D eigenvalue weighted by molar-refractivity contribution is 6.01. The van der Waals surface area contributed by atoms with Gasteiger partial charge in [0.25, 0.3) is 0 Å². The summed E-state index contributed by atoms with van der Waals surface area (Å²) in [5.41, 5.74) is 19.5. The number of allylic oxidation sites excluding steroid dienone is 1. The quantitative estimate of drug-likeness (QED) is 0.0636. The predicted molar refractivity (Wildman–Crippen MR) is 216 cm³/mol. The molecule has 4 aromatic rings. The third kappa shape index (κ3) is 9.27. The first-order valence-electron chi connectivity index (χ1n) is 19.5. The number of aryl methyl sites for hydroxylation is 2. The van der Waals surface area contributed by atoms with E-state index in [4.69, 9.17) is 10.3 Å². The van der Waals surface area contributed by atoms with Gasteiger partial charge in [0.1, 0.15) is 12.1 Å². The summed E-state index contributed by atoms with van der Waals surface area (Å²) in [6.07, 6.45) is 5.32. The lowest BCUT2D eigenvalue weighted by Gasteiger charge is -2.29. The fourth-order valence-corrected chi connectivity index (χ4v) is 7.70. The average molecular weight is 740 g/mol. The molecule has 0 saturated heterocycles. The van der Waals surface area contributed by atoms with Crippen LogP contribution in [0.25, 0.3) is 22.4 Å². The molecule has 3 N–H and O–H groups in total. The van der Waals surface area contributed by atoms with E-state index in [0.29, 0.717) is 51.0 Å². The number of rotatable bonds is 15. The zero-order valence-electron chi connectivity index (χ0n) is 32.1. The topological polar surface area (TPSA) is 138 Å². The largest absolute Gasteiger partial charge is 0.449 e. The number of benzene rings is 4. The van der Waals surface area contributed by atoms with Crippen molar-refractivity contribution in [1.82, 2.24) is 15.5 Å². The molecule has 1 heterocycles. The molecule has 3 amide bonds. The molecular weight excluding hydrogens is 689 g/mol. The minimum atomic E-state index is -0.465. The third-order valence-electron chi connectivity index (χ3n) is 10.5. The molecule has 1 aliphatic carbocycles. The number of amides is 3. The van der Waals surface area contributed by atoms with Gasteiger partial charge < -0.3 is 20.3 Å². The van der Waals surface area contributed by atoms with Gasteiger partial charge in [0.2, 0.25) is 16.7 Å². The van der Waals surface area contributed by atoms with E-state index < -0.39 is 6.09 Å². The van der Waals surface area contributed by atoms with Crippen molar-refractivity contribution in [2.45, 2.75) is 84.6 Å². The number of para-hydroxylation sites is 1. The Balaban J connectivity index is 1.02. The number of hydrogen-bond donors (Lipinski definition) is 3. The minimum absolute atomic E-state index is 0.00448. The number of fused-ring (bicyclic) bond motifs is 5. The third-order valence-corrected chi connectivity index (χ3v) is 10.5. The van der Waals surface area contributed by atoms with E-state index in [1.54, 1.807) is 0 Å². The first-order chi connectivity index (χ1) is 26.8. The normalized spacial score (nSPS) is 14.0. The maximum absolute atomic E-state index is 13.8. The molecule has 6 rings (SSSR count). The Hall–Kier alpha value is -5.86. The Labute approximate surface area is 323 Å². The Kier molecular flexibility index (Phi) is 13.0. The highest BCUT2D eigenvalue weighted by Gasteiger charge is 2.31. The fourth-order valence-electron chi connectivity index (χ4n) is 7.70. The van der Waals surface area contributed by atoms with Crippen LogP contribution < -0.4 is 20.4 Å². The molecule has 0 bridgehead atoms. The summed E-state index contributed by atoms with van der Waals surface area (Å²) in [4.78, 5) is 43.7. The Morgan fingerprint density at radius 3 is 2.33 bits per heavy atom. The molecule has 0 radical (unpaired) electrons. The fraction of sp³-hybridized carbons (Fsp3) is 0.356. The number of nitrogens with zero attached hydrogens (tertiary/aromatic N) is 3. The van der Waals surface area contributed by atoms with Crippen LogP contribution in [-0.2, 0) is 27.3 Å². The molecule has 0 spiro atoms. The number of carbonyl (C=O) groups is 3. The van der Waals surface area contributed by atoms with Crippen LogP contribution in [0.15, 0.2) is 90.0 Å². The molecule has 1 atom stereocenters. The van der Waals surface area contributed by atoms with Gasteiger partial charge in [-0.05, 0) is 97.4 Å². The van der Waals surface area contributed by atoms with E-state index in [0.717, 1.165) is 59.2 Å². The minimum Gasteiger partial charge on any atom is -0.449 e.